The number of halogens is 3. The van der Waals surface area contributed by atoms with Crippen LogP contribution in [0.15, 0.2) is 30.5 Å². The Labute approximate surface area is 106 Å². The first-order chi connectivity index (χ1) is 8.85. The van der Waals surface area contributed by atoms with E-state index in [1.165, 1.54) is 24.4 Å². The van der Waals surface area contributed by atoms with E-state index in [0.29, 0.717) is 11.1 Å². The Morgan fingerprint density at radius 2 is 1.89 bits per heavy atom. The molecule has 100 valence electrons. The average Bonchev–Trinajstić information content (AvgIpc) is 2.26. The van der Waals surface area contributed by atoms with Gasteiger partial charge in [0.15, 0.2) is 0 Å². The number of benzene rings is 1. The van der Waals surface area contributed by atoms with Crippen LogP contribution < -0.4 is 16.2 Å². The highest BCUT2D eigenvalue weighted by Gasteiger charge is 2.31. The standard InChI is InChI=1S/C11H9F3N4O/c12-11(13,14)19-7-3-1-2-6(4-7)8-5-17-10(16)18-9(8)15/h1-5H,(H4,15,16,17,18). The molecule has 0 atom stereocenters. The SMILES string of the molecule is Nc1ncc(-c2cccc(OC(F)(F)F)c2)c(N)n1. The fraction of sp³-hybridized carbons (Fsp3) is 0.0909. The maximum Gasteiger partial charge on any atom is 0.573 e. The Bertz CT molecular complexity index is 601. The molecule has 0 bridgehead atoms. The number of rotatable bonds is 2. The third-order valence-electron chi connectivity index (χ3n) is 2.22. The summed E-state index contributed by atoms with van der Waals surface area (Å²) in [6, 6.07) is 5.35. The van der Waals surface area contributed by atoms with Crippen LogP contribution in [0.2, 0.25) is 0 Å². The highest BCUT2D eigenvalue weighted by atomic mass is 19.4. The minimum absolute atomic E-state index is 0.0102. The Kier molecular flexibility index (Phi) is 3.16. The van der Waals surface area contributed by atoms with E-state index in [-0.39, 0.29) is 17.5 Å². The molecule has 1 aromatic carbocycles. The molecule has 8 heteroatoms. The van der Waals surface area contributed by atoms with Crippen molar-refractivity contribution in [2.75, 3.05) is 11.5 Å². The molecular formula is C11H9F3N4O. The van der Waals surface area contributed by atoms with Crippen molar-refractivity contribution in [1.29, 1.82) is 0 Å². The summed E-state index contributed by atoms with van der Waals surface area (Å²) in [4.78, 5) is 7.48. The van der Waals surface area contributed by atoms with E-state index in [1.54, 1.807) is 6.07 Å². The van der Waals surface area contributed by atoms with E-state index < -0.39 is 6.36 Å². The van der Waals surface area contributed by atoms with Crippen LogP contribution in [0.5, 0.6) is 5.75 Å². The third kappa shape index (κ3) is 3.24. The van der Waals surface area contributed by atoms with Crippen molar-refractivity contribution in [2.45, 2.75) is 6.36 Å². The first kappa shape index (κ1) is 12.9. The molecule has 1 heterocycles. The van der Waals surface area contributed by atoms with Gasteiger partial charge in [-0.15, -0.1) is 13.2 Å². The predicted molar refractivity (Wildman–Crippen MR) is 63.0 cm³/mol. The molecule has 1 aromatic heterocycles. The molecule has 0 amide bonds. The fourth-order valence-corrected chi connectivity index (χ4v) is 1.49. The second-order valence-electron chi connectivity index (χ2n) is 3.60. The quantitative estimate of drug-likeness (QED) is 0.873. The van der Waals surface area contributed by atoms with Crippen molar-refractivity contribution < 1.29 is 17.9 Å². The zero-order chi connectivity index (χ0) is 14.0. The summed E-state index contributed by atoms with van der Waals surface area (Å²) in [5.41, 5.74) is 11.8. The van der Waals surface area contributed by atoms with Crippen molar-refractivity contribution in [3.8, 4) is 16.9 Å². The van der Waals surface area contributed by atoms with E-state index >= 15 is 0 Å². The van der Waals surface area contributed by atoms with Gasteiger partial charge >= 0.3 is 6.36 Å². The van der Waals surface area contributed by atoms with Gasteiger partial charge in [-0.3, -0.25) is 0 Å². The Morgan fingerprint density at radius 3 is 2.53 bits per heavy atom. The third-order valence-corrected chi connectivity index (χ3v) is 2.22. The number of hydrogen-bond acceptors (Lipinski definition) is 5. The zero-order valence-corrected chi connectivity index (χ0v) is 9.48. The summed E-state index contributed by atoms with van der Waals surface area (Å²) in [5, 5.41) is 0. The Balaban J connectivity index is 2.38. The van der Waals surface area contributed by atoms with Crippen LogP contribution in [0.1, 0.15) is 0 Å². The van der Waals surface area contributed by atoms with Gasteiger partial charge in [0.05, 0.1) is 0 Å². The molecule has 0 aliphatic carbocycles. The minimum Gasteiger partial charge on any atom is -0.406 e. The van der Waals surface area contributed by atoms with Crippen molar-refractivity contribution in [3.05, 3.63) is 30.5 Å². The van der Waals surface area contributed by atoms with E-state index in [2.05, 4.69) is 14.7 Å². The highest BCUT2D eigenvalue weighted by molar-refractivity contribution is 5.74. The summed E-state index contributed by atoms with van der Waals surface area (Å²) in [6.45, 7) is 0. The van der Waals surface area contributed by atoms with E-state index in [4.69, 9.17) is 11.5 Å². The number of nitrogens with two attached hydrogens (primary N) is 2. The molecule has 19 heavy (non-hydrogen) atoms. The van der Waals surface area contributed by atoms with Crippen LogP contribution in [0.3, 0.4) is 0 Å². The lowest BCUT2D eigenvalue weighted by atomic mass is 10.1. The largest absolute Gasteiger partial charge is 0.573 e. The molecule has 0 spiro atoms. The van der Waals surface area contributed by atoms with E-state index in [1.807, 2.05) is 0 Å². The number of alkyl halides is 3. The minimum atomic E-state index is -4.75. The van der Waals surface area contributed by atoms with Gasteiger partial charge in [-0.25, -0.2) is 4.98 Å². The van der Waals surface area contributed by atoms with Crippen LogP contribution in [0, 0.1) is 0 Å². The number of ether oxygens (including phenoxy) is 1. The van der Waals surface area contributed by atoms with Crippen molar-refractivity contribution in [2.24, 2.45) is 0 Å². The van der Waals surface area contributed by atoms with Crippen LogP contribution >= 0.6 is 0 Å². The van der Waals surface area contributed by atoms with Gasteiger partial charge in [0.2, 0.25) is 5.95 Å². The number of nitrogens with zero attached hydrogens (tertiary/aromatic N) is 2. The fourth-order valence-electron chi connectivity index (χ4n) is 1.49. The molecule has 2 aromatic rings. The molecule has 0 aliphatic heterocycles. The van der Waals surface area contributed by atoms with Crippen LogP contribution in [-0.2, 0) is 0 Å². The molecule has 0 saturated carbocycles. The molecule has 4 N–H and O–H groups in total. The van der Waals surface area contributed by atoms with Crippen LogP contribution in [0.4, 0.5) is 24.9 Å². The van der Waals surface area contributed by atoms with Gasteiger partial charge in [-0.05, 0) is 17.7 Å². The smallest absolute Gasteiger partial charge is 0.406 e. The molecule has 0 fully saturated rings. The van der Waals surface area contributed by atoms with E-state index in [9.17, 15) is 13.2 Å². The second kappa shape index (κ2) is 4.63. The van der Waals surface area contributed by atoms with Crippen LogP contribution in [0.25, 0.3) is 11.1 Å². The van der Waals surface area contributed by atoms with Crippen molar-refractivity contribution >= 4 is 11.8 Å². The summed E-state index contributed by atoms with van der Waals surface area (Å²) < 4.78 is 40.2. The monoisotopic (exact) mass is 270 g/mol. The number of hydrogen-bond donors (Lipinski definition) is 2. The summed E-state index contributed by atoms with van der Waals surface area (Å²) in [7, 11) is 0. The molecule has 5 nitrogen and oxygen atoms in total. The van der Waals surface area contributed by atoms with Crippen molar-refractivity contribution in [3.63, 3.8) is 0 Å². The normalized spacial score (nSPS) is 11.3. The van der Waals surface area contributed by atoms with E-state index in [0.717, 1.165) is 0 Å². The number of nitrogen functional groups attached to an aromatic ring is 2. The summed E-state index contributed by atoms with van der Waals surface area (Å²) in [5.74, 6) is -0.276. The van der Waals surface area contributed by atoms with Gasteiger partial charge in [-0.2, -0.15) is 4.98 Å². The Morgan fingerprint density at radius 1 is 1.16 bits per heavy atom. The maximum absolute atomic E-state index is 12.1. The molecule has 0 saturated heterocycles. The lowest BCUT2D eigenvalue weighted by Gasteiger charge is -2.10. The first-order valence-electron chi connectivity index (χ1n) is 5.09. The van der Waals surface area contributed by atoms with Crippen molar-refractivity contribution in [1.82, 2.24) is 9.97 Å². The molecule has 2 rings (SSSR count). The summed E-state index contributed by atoms with van der Waals surface area (Å²) in [6.07, 6.45) is -3.41. The average molecular weight is 270 g/mol. The van der Waals surface area contributed by atoms with Gasteiger partial charge in [0.1, 0.15) is 11.6 Å². The maximum atomic E-state index is 12.1. The van der Waals surface area contributed by atoms with Gasteiger partial charge in [0.25, 0.3) is 0 Å². The lowest BCUT2D eigenvalue weighted by molar-refractivity contribution is -0.274. The Hall–Kier alpha value is -2.51. The zero-order valence-electron chi connectivity index (χ0n) is 9.48. The molecule has 0 aliphatic rings. The molecule has 0 radical (unpaired) electrons. The topological polar surface area (TPSA) is 87.0 Å². The molecule has 0 unspecified atom stereocenters. The highest BCUT2D eigenvalue weighted by Crippen LogP contribution is 2.29. The van der Waals surface area contributed by atoms with Crippen LogP contribution in [-0.4, -0.2) is 16.3 Å². The first-order valence-corrected chi connectivity index (χ1v) is 5.09. The second-order valence-corrected chi connectivity index (χ2v) is 3.60. The van der Waals surface area contributed by atoms with Gasteiger partial charge < -0.3 is 16.2 Å². The molecular weight excluding hydrogens is 261 g/mol. The predicted octanol–water partition coefficient (Wildman–Crippen LogP) is 2.21. The van der Waals surface area contributed by atoms with Gasteiger partial charge in [-0.1, -0.05) is 12.1 Å². The lowest BCUT2D eigenvalue weighted by Crippen LogP contribution is -2.17. The number of anilines is 2. The van der Waals surface area contributed by atoms with Gasteiger partial charge in [0, 0.05) is 11.8 Å². The summed E-state index contributed by atoms with van der Waals surface area (Å²) >= 11 is 0. The number of aromatic nitrogens is 2.